The highest BCUT2D eigenvalue weighted by Gasteiger charge is 2.21. The molecule has 2 heterocycles. The highest BCUT2D eigenvalue weighted by molar-refractivity contribution is 5.96. The average molecular weight is 353 g/mol. The van der Waals surface area contributed by atoms with E-state index in [1.165, 1.54) is 5.56 Å². The highest BCUT2D eigenvalue weighted by atomic mass is 16.6. The Kier molecular flexibility index (Phi) is 4.69. The Bertz CT molecular complexity index is 818. The molecule has 2 aliphatic heterocycles. The summed E-state index contributed by atoms with van der Waals surface area (Å²) in [6.07, 6.45) is 1.84. The van der Waals surface area contributed by atoms with Crippen molar-refractivity contribution < 1.29 is 19.0 Å². The summed E-state index contributed by atoms with van der Waals surface area (Å²) in [5.74, 6) is 2.61. The molecule has 1 atom stereocenters. The van der Waals surface area contributed by atoms with Crippen LogP contribution in [0.3, 0.4) is 0 Å². The number of hydrogen-bond acceptors (Lipinski definition) is 4. The van der Waals surface area contributed by atoms with E-state index in [-0.39, 0.29) is 5.91 Å². The van der Waals surface area contributed by atoms with Crippen molar-refractivity contribution in [3.63, 3.8) is 0 Å². The van der Waals surface area contributed by atoms with Crippen LogP contribution in [-0.4, -0.2) is 32.3 Å². The molecular formula is C21H23NO4. The van der Waals surface area contributed by atoms with Crippen LogP contribution in [0.5, 0.6) is 17.2 Å². The molecule has 1 amide bonds. The van der Waals surface area contributed by atoms with E-state index < -0.39 is 0 Å². The normalized spacial score (nSPS) is 18.3. The lowest BCUT2D eigenvalue weighted by Crippen LogP contribution is -2.31. The largest absolute Gasteiger partial charge is 0.493 e. The Morgan fingerprint density at radius 1 is 1.04 bits per heavy atom. The van der Waals surface area contributed by atoms with Gasteiger partial charge < -0.3 is 19.5 Å². The van der Waals surface area contributed by atoms with Crippen LogP contribution in [-0.2, 0) is 6.42 Å². The van der Waals surface area contributed by atoms with E-state index in [2.05, 4.69) is 11.4 Å². The molecule has 1 N–H and O–H groups in total. The smallest absolute Gasteiger partial charge is 0.251 e. The zero-order chi connectivity index (χ0) is 17.9. The van der Waals surface area contributed by atoms with Crippen molar-refractivity contribution in [2.75, 3.05) is 26.4 Å². The Morgan fingerprint density at radius 3 is 2.62 bits per heavy atom. The third-order valence-electron chi connectivity index (χ3n) is 4.95. The maximum absolute atomic E-state index is 12.7. The molecule has 0 saturated carbocycles. The highest BCUT2D eigenvalue weighted by Crippen LogP contribution is 2.33. The number of aryl methyl sites for hydroxylation is 1. The lowest BCUT2D eigenvalue weighted by Gasteiger charge is -2.20. The maximum atomic E-state index is 12.7. The quantitative estimate of drug-likeness (QED) is 0.921. The lowest BCUT2D eigenvalue weighted by atomic mass is 9.96. The molecular weight excluding hydrogens is 330 g/mol. The van der Waals surface area contributed by atoms with Crippen molar-refractivity contribution in [3.05, 3.63) is 53.1 Å². The molecule has 4 rings (SSSR count). The third-order valence-corrected chi connectivity index (χ3v) is 4.95. The summed E-state index contributed by atoms with van der Waals surface area (Å²) < 4.78 is 17.0. The standard InChI is InChI=1S/C21H23NO4/c1-14-10-19-20(26-9-8-25-19)12-17(14)21(23)22-13-15-6-7-24-18-5-3-2-4-16(18)11-15/h2-5,10,12,15H,6-9,11,13H2,1H3,(H,22,23)/t15-/m1/s1. The van der Waals surface area contributed by atoms with Gasteiger partial charge in [0.25, 0.3) is 5.91 Å². The number of nitrogens with one attached hydrogen (secondary N) is 1. The van der Waals surface area contributed by atoms with E-state index in [0.717, 1.165) is 24.2 Å². The molecule has 0 fully saturated rings. The van der Waals surface area contributed by atoms with Crippen molar-refractivity contribution in [1.82, 2.24) is 5.32 Å². The molecule has 0 aromatic heterocycles. The van der Waals surface area contributed by atoms with E-state index >= 15 is 0 Å². The molecule has 0 spiro atoms. The Labute approximate surface area is 153 Å². The molecule has 0 bridgehead atoms. The lowest BCUT2D eigenvalue weighted by molar-refractivity contribution is 0.0943. The minimum Gasteiger partial charge on any atom is -0.493 e. The number of carbonyl (C=O) groups excluding carboxylic acids is 1. The fraction of sp³-hybridized carbons (Fsp3) is 0.381. The Hall–Kier alpha value is -2.69. The van der Waals surface area contributed by atoms with Crippen molar-refractivity contribution in [2.24, 2.45) is 5.92 Å². The van der Waals surface area contributed by atoms with Crippen LogP contribution < -0.4 is 19.5 Å². The first-order valence-corrected chi connectivity index (χ1v) is 9.10. The second kappa shape index (κ2) is 7.28. The van der Waals surface area contributed by atoms with Gasteiger partial charge in [0, 0.05) is 12.1 Å². The van der Waals surface area contributed by atoms with Crippen LogP contribution in [0.15, 0.2) is 36.4 Å². The topological polar surface area (TPSA) is 56.8 Å². The summed E-state index contributed by atoms with van der Waals surface area (Å²) in [4.78, 5) is 12.7. The zero-order valence-corrected chi connectivity index (χ0v) is 14.9. The van der Waals surface area contributed by atoms with Gasteiger partial charge in [-0.3, -0.25) is 4.79 Å². The fourth-order valence-electron chi connectivity index (χ4n) is 3.50. The first-order valence-electron chi connectivity index (χ1n) is 9.10. The second-order valence-corrected chi connectivity index (χ2v) is 6.84. The Balaban J connectivity index is 1.43. The summed E-state index contributed by atoms with van der Waals surface area (Å²) in [6, 6.07) is 11.8. The van der Waals surface area contributed by atoms with Crippen LogP contribution >= 0.6 is 0 Å². The van der Waals surface area contributed by atoms with Gasteiger partial charge in [0.05, 0.1) is 6.61 Å². The number of rotatable bonds is 3. The number of amides is 1. The minimum absolute atomic E-state index is 0.0714. The second-order valence-electron chi connectivity index (χ2n) is 6.84. The van der Waals surface area contributed by atoms with Crippen LogP contribution in [0, 0.1) is 12.8 Å². The number of para-hydroxylation sites is 1. The molecule has 2 aromatic rings. The van der Waals surface area contributed by atoms with Crippen LogP contribution in [0.2, 0.25) is 0 Å². The average Bonchev–Trinajstić information content (AvgIpc) is 2.87. The molecule has 5 heteroatoms. The monoisotopic (exact) mass is 353 g/mol. The van der Waals surface area contributed by atoms with Gasteiger partial charge in [-0.2, -0.15) is 0 Å². The van der Waals surface area contributed by atoms with Gasteiger partial charge in [0.15, 0.2) is 11.5 Å². The summed E-state index contributed by atoms with van der Waals surface area (Å²) in [6.45, 7) is 4.29. The van der Waals surface area contributed by atoms with Crippen molar-refractivity contribution in [1.29, 1.82) is 0 Å². The first-order chi connectivity index (χ1) is 12.7. The molecule has 0 saturated heterocycles. The van der Waals surface area contributed by atoms with E-state index in [1.54, 1.807) is 6.07 Å². The predicted molar refractivity (Wildman–Crippen MR) is 98.3 cm³/mol. The number of ether oxygens (including phenoxy) is 3. The number of hydrogen-bond donors (Lipinski definition) is 1. The van der Waals surface area contributed by atoms with Gasteiger partial charge >= 0.3 is 0 Å². The molecule has 136 valence electrons. The van der Waals surface area contributed by atoms with Crippen LogP contribution in [0.25, 0.3) is 0 Å². The minimum atomic E-state index is -0.0714. The van der Waals surface area contributed by atoms with Crippen molar-refractivity contribution in [2.45, 2.75) is 19.8 Å². The van der Waals surface area contributed by atoms with Crippen LogP contribution in [0.1, 0.15) is 27.9 Å². The van der Waals surface area contributed by atoms with E-state index in [9.17, 15) is 4.79 Å². The first kappa shape index (κ1) is 16.8. The molecule has 26 heavy (non-hydrogen) atoms. The van der Waals surface area contributed by atoms with E-state index in [0.29, 0.717) is 49.3 Å². The zero-order valence-electron chi connectivity index (χ0n) is 14.9. The molecule has 5 nitrogen and oxygen atoms in total. The van der Waals surface area contributed by atoms with E-state index in [4.69, 9.17) is 14.2 Å². The number of benzene rings is 2. The number of carbonyl (C=O) groups is 1. The molecule has 0 radical (unpaired) electrons. The summed E-state index contributed by atoms with van der Waals surface area (Å²) >= 11 is 0. The third kappa shape index (κ3) is 3.47. The van der Waals surface area contributed by atoms with Crippen LogP contribution in [0.4, 0.5) is 0 Å². The Morgan fingerprint density at radius 2 is 1.77 bits per heavy atom. The van der Waals surface area contributed by atoms with Crippen molar-refractivity contribution >= 4 is 5.91 Å². The van der Waals surface area contributed by atoms with Gasteiger partial charge in [-0.25, -0.2) is 0 Å². The number of fused-ring (bicyclic) bond motifs is 2. The van der Waals surface area contributed by atoms with Gasteiger partial charge in [-0.05, 0) is 55.0 Å². The van der Waals surface area contributed by atoms with Gasteiger partial charge in [0.2, 0.25) is 0 Å². The van der Waals surface area contributed by atoms with Gasteiger partial charge in [0.1, 0.15) is 19.0 Å². The van der Waals surface area contributed by atoms with E-state index in [1.807, 2.05) is 31.2 Å². The maximum Gasteiger partial charge on any atom is 0.251 e. The summed E-state index contributed by atoms with van der Waals surface area (Å²) in [5, 5.41) is 3.08. The molecule has 0 aliphatic carbocycles. The fourth-order valence-corrected chi connectivity index (χ4v) is 3.50. The van der Waals surface area contributed by atoms with Gasteiger partial charge in [-0.15, -0.1) is 0 Å². The predicted octanol–water partition coefficient (Wildman–Crippen LogP) is 3.14. The van der Waals surface area contributed by atoms with Gasteiger partial charge in [-0.1, -0.05) is 18.2 Å². The SMILES string of the molecule is Cc1cc2c(cc1C(=O)NC[C@@H]1CCOc3ccccc3C1)OCCO2. The van der Waals surface area contributed by atoms with Crippen molar-refractivity contribution in [3.8, 4) is 17.2 Å². The molecule has 2 aliphatic rings. The molecule has 0 unspecified atom stereocenters. The molecule has 2 aromatic carbocycles. The summed E-state index contributed by atoms with van der Waals surface area (Å²) in [5.41, 5.74) is 2.74. The summed E-state index contributed by atoms with van der Waals surface area (Å²) in [7, 11) is 0.